The van der Waals surface area contributed by atoms with Gasteiger partial charge in [0.1, 0.15) is 11.6 Å². The number of aryl methyl sites for hydroxylation is 1. The summed E-state index contributed by atoms with van der Waals surface area (Å²) >= 11 is 0. The topological polar surface area (TPSA) is 73.2 Å². The molecule has 0 fully saturated rings. The maximum absolute atomic E-state index is 12.9. The molecule has 0 aliphatic heterocycles. The van der Waals surface area contributed by atoms with Crippen molar-refractivity contribution in [3.63, 3.8) is 0 Å². The summed E-state index contributed by atoms with van der Waals surface area (Å²) in [5, 5.41) is 3.41. The maximum atomic E-state index is 12.9. The molecule has 6 nitrogen and oxygen atoms in total. The molecule has 0 aliphatic rings. The van der Waals surface area contributed by atoms with Gasteiger partial charge in [-0.25, -0.2) is 4.98 Å². The Kier molecular flexibility index (Phi) is 5.30. The number of amides is 1. The van der Waals surface area contributed by atoms with Gasteiger partial charge in [0, 0.05) is 11.3 Å². The van der Waals surface area contributed by atoms with Crippen molar-refractivity contribution in [1.82, 2.24) is 9.55 Å². The number of benzene rings is 3. The molecule has 0 saturated heterocycles. The molecule has 0 unspecified atom stereocenters. The van der Waals surface area contributed by atoms with Gasteiger partial charge in [0.05, 0.1) is 23.2 Å². The molecule has 30 heavy (non-hydrogen) atoms. The first-order chi connectivity index (χ1) is 14.6. The number of aromatic nitrogens is 2. The van der Waals surface area contributed by atoms with E-state index in [4.69, 9.17) is 4.74 Å². The third kappa shape index (κ3) is 3.80. The van der Waals surface area contributed by atoms with Gasteiger partial charge in [-0.05, 0) is 74.5 Å². The van der Waals surface area contributed by atoms with Crippen LogP contribution in [0.5, 0.6) is 5.75 Å². The van der Waals surface area contributed by atoms with Crippen molar-refractivity contribution in [3.05, 3.63) is 94.5 Å². The number of nitrogens with zero attached hydrogens (tertiary/aromatic N) is 2. The van der Waals surface area contributed by atoms with E-state index < -0.39 is 0 Å². The van der Waals surface area contributed by atoms with E-state index >= 15 is 0 Å². The largest absolute Gasteiger partial charge is 0.494 e. The summed E-state index contributed by atoms with van der Waals surface area (Å²) in [6.07, 6.45) is 0. The zero-order valence-electron chi connectivity index (χ0n) is 16.8. The molecule has 150 valence electrons. The maximum Gasteiger partial charge on any atom is 0.265 e. The minimum absolute atomic E-state index is 0.135. The van der Waals surface area contributed by atoms with Crippen molar-refractivity contribution in [3.8, 4) is 11.4 Å². The molecule has 0 radical (unpaired) electrons. The van der Waals surface area contributed by atoms with Crippen LogP contribution in [-0.2, 0) is 0 Å². The van der Waals surface area contributed by atoms with Crippen molar-refractivity contribution in [1.29, 1.82) is 0 Å². The zero-order chi connectivity index (χ0) is 21.1. The number of nitrogens with one attached hydrogen (secondary N) is 1. The molecule has 3 aromatic carbocycles. The number of para-hydroxylation sites is 1. The molecule has 0 saturated carbocycles. The van der Waals surface area contributed by atoms with Gasteiger partial charge in [-0.1, -0.05) is 12.1 Å². The number of hydrogen-bond donors (Lipinski definition) is 1. The smallest absolute Gasteiger partial charge is 0.265 e. The summed E-state index contributed by atoms with van der Waals surface area (Å²) in [5.74, 6) is 1.11. The van der Waals surface area contributed by atoms with Crippen LogP contribution in [0.1, 0.15) is 23.1 Å². The Morgan fingerprint density at radius 2 is 1.70 bits per heavy atom. The van der Waals surface area contributed by atoms with Crippen LogP contribution in [0.2, 0.25) is 0 Å². The Morgan fingerprint density at radius 3 is 2.40 bits per heavy atom. The van der Waals surface area contributed by atoms with Crippen LogP contribution in [0, 0.1) is 6.92 Å². The normalized spacial score (nSPS) is 10.7. The molecule has 6 heteroatoms. The highest BCUT2D eigenvalue weighted by molar-refractivity contribution is 6.04. The highest BCUT2D eigenvalue weighted by Crippen LogP contribution is 2.18. The van der Waals surface area contributed by atoms with Crippen LogP contribution in [0.3, 0.4) is 0 Å². The summed E-state index contributed by atoms with van der Waals surface area (Å²) in [4.78, 5) is 30.0. The second-order valence-electron chi connectivity index (χ2n) is 6.78. The number of hydrogen-bond acceptors (Lipinski definition) is 4. The molecule has 4 rings (SSSR count). The van der Waals surface area contributed by atoms with E-state index in [0.29, 0.717) is 40.3 Å². The van der Waals surface area contributed by atoms with Gasteiger partial charge in [0.2, 0.25) is 0 Å². The van der Waals surface area contributed by atoms with Crippen molar-refractivity contribution >= 4 is 22.5 Å². The molecule has 0 aliphatic carbocycles. The van der Waals surface area contributed by atoms with Gasteiger partial charge >= 0.3 is 0 Å². The minimum Gasteiger partial charge on any atom is -0.494 e. The van der Waals surface area contributed by atoms with E-state index in [0.717, 1.165) is 5.75 Å². The Morgan fingerprint density at radius 1 is 1.00 bits per heavy atom. The molecule has 1 amide bonds. The lowest BCUT2D eigenvalue weighted by molar-refractivity contribution is 0.102. The molecule has 1 heterocycles. The minimum atomic E-state index is -0.230. The summed E-state index contributed by atoms with van der Waals surface area (Å²) in [5.41, 5.74) is 2.37. The SMILES string of the molecule is CCOc1ccc(NC(=O)c2ccc(-n3c(C)nc4ccccc4c3=O)cc2)cc1. The molecule has 1 N–H and O–H groups in total. The number of carbonyl (C=O) groups is 1. The average molecular weight is 399 g/mol. The lowest BCUT2D eigenvalue weighted by Crippen LogP contribution is -2.22. The predicted molar refractivity (Wildman–Crippen MR) is 118 cm³/mol. The molecule has 0 spiro atoms. The summed E-state index contributed by atoms with van der Waals surface area (Å²) < 4.78 is 6.96. The van der Waals surface area contributed by atoms with Gasteiger partial charge in [-0.3, -0.25) is 14.2 Å². The molecule has 0 atom stereocenters. The van der Waals surface area contributed by atoms with Crippen LogP contribution in [0.15, 0.2) is 77.6 Å². The fraction of sp³-hybridized carbons (Fsp3) is 0.125. The van der Waals surface area contributed by atoms with E-state index in [2.05, 4.69) is 10.3 Å². The Hall–Kier alpha value is -3.93. The summed E-state index contributed by atoms with van der Waals surface area (Å²) in [7, 11) is 0. The van der Waals surface area contributed by atoms with E-state index in [-0.39, 0.29) is 11.5 Å². The standard InChI is InChI=1S/C24H21N3O3/c1-3-30-20-14-10-18(11-15-20)26-23(28)17-8-12-19(13-9-17)27-16(2)25-22-7-5-4-6-21(22)24(27)29/h4-15H,3H2,1-2H3,(H,26,28). The number of anilines is 1. The van der Waals surface area contributed by atoms with Crippen LogP contribution in [-0.4, -0.2) is 22.1 Å². The Labute approximate surface area is 173 Å². The highest BCUT2D eigenvalue weighted by Gasteiger charge is 2.11. The first-order valence-electron chi connectivity index (χ1n) is 9.70. The first-order valence-corrected chi connectivity index (χ1v) is 9.70. The number of carbonyl (C=O) groups excluding carboxylic acids is 1. The summed E-state index contributed by atoms with van der Waals surface area (Å²) in [6.45, 7) is 4.30. The van der Waals surface area contributed by atoms with Crippen LogP contribution in [0.25, 0.3) is 16.6 Å². The van der Waals surface area contributed by atoms with Crippen LogP contribution >= 0.6 is 0 Å². The third-order valence-electron chi connectivity index (χ3n) is 4.75. The fourth-order valence-electron chi connectivity index (χ4n) is 3.31. The van der Waals surface area contributed by atoms with Crippen molar-refractivity contribution in [2.45, 2.75) is 13.8 Å². The average Bonchev–Trinajstić information content (AvgIpc) is 2.76. The third-order valence-corrected chi connectivity index (χ3v) is 4.75. The number of fused-ring (bicyclic) bond motifs is 1. The first kappa shape index (κ1) is 19.4. The molecule has 0 bridgehead atoms. The molecular formula is C24H21N3O3. The van der Waals surface area contributed by atoms with Crippen molar-refractivity contribution < 1.29 is 9.53 Å². The van der Waals surface area contributed by atoms with Gasteiger partial charge in [0.25, 0.3) is 11.5 Å². The van der Waals surface area contributed by atoms with E-state index in [1.54, 1.807) is 54.0 Å². The van der Waals surface area contributed by atoms with E-state index in [1.165, 1.54) is 0 Å². The highest BCUT2D eigenvalue weighted by atomic mass is 16.5. The van der Waals surface area contributed by atoms with E-state index in [1.807, 2.05) is 37.3 Å². The Bertz CT molecular complexity index is 1260. The number of ether oxygens (including phenoxy) is 1. The predicted octanol–water partition coefficient (Wildman–Crippen LogP) is 4.35. The van der Waals surface area contributed by atoms with Crippen molar-refractivity contribution in [2.75, 3.05) is 11.9 Å². The van der Waals surface area contributed by atoms with Gasteiger partial charge in [0.15, 0.2) is 0 Å². The molecule has 4 aromatic rings. The second kappa shape index (κ2) is 8.21. The van der Waals surface area contributed by atoms with Gasteiger partial charge in [-0.2, -0.15) is 0 Å². The quantitative estimate of drug-likeness (QED) is 0.542. The lowest BCUT2D eigenvalue weighted by atomic mass is 10.1. The zero-order valence-corrected chi connectivity index (χ0v) is 16.8. The monoisotopic (exact) mass is 399 g/mol. The van der Waals surface area contributed by atoms with Crippen molar-refractivity contribution in [2.24, 2.45) is 0 Å². The van der Waals surface area contributed by atoms with E-state index in [9.17, 15) is 9.59 Å². The Balaban J connectivity index is 1.58. The van der Waals surface area contributed by atoms with Crippen LogP contribution < -0.4 is 15.6 Å². The van der Waals surface area contributed by atoms with Gasteiger partial charge < -0.3 is 10.1 Å². The lowest BCUT2D eigenvalue weighted by Gasteiger charge is -2.12. The fourth-order valence-corrected chi connectivity index (χ4v) is 3.31. The summed E-state index contributed by atoms with van der Waals surface area (Å²) in [6, 6.07) is 21.4. The number of rotatable bonds is 5. The van der Waals surface area contributed by atoms with Crippen LogP contribution in [0.4, 0.5) is 5.69 Å². The molecular weight excluding hydrogens is 378 g/mol. The second-order valence-corrected chi connectivity index (χ2v) is 6.78. The van der Waals surface area contributed by atoms with Gasteiger partial charge in [-0.15, -0.1) is 0 Å². The molecule has 1 aromatic heterocycles.